The minimum Gasteiger partial charge on any atom is -0.258 e. The van der Waals surface area contributed by atoms with Gasteiger partial charge in [0.05, 0.1) is 4.92 Å². The molecule has 0 spiro atoms. The molecule has 0 amide bonds. The zero-order valence-corrected chi connectivity index (χ0v) is 27.2. The molecular weight excluding hydrogens is 550 g/mol. The topological polar surface area (TPSA) is 43.1 Å². The molecule has 3 heteroatoms. The summed E-state index contributed by atoms with van der Waals surface area (Å²) in [6.07, 6.45) is 21.2. The fourth-order valence-electron chi connectivity index (χ4n) is 7.08. The Bertz CT molecular complexity index is 1630. The maximum atomic E-state index is 11.2. The Hall–Kier alpha value is -4.24. The minimum atomic E-state index is -0.346. The summed E-state index contributed by atoms with van der Waals surface area (Å²) in [5, 5.41) is 11.2. The van der Waals surface area contributed by atoms with Crippen LogP contribution in [-0.4, -0.2) is 4.92 Å². The summed E-state index contributed by atoms with van der Waals surface area (Å²) < 4.78 is 0. The van der Waals surface area contributed by atoms with Crippen LogP contribution in [0, 0.1) is 17.0 Å². The molecule has 0 heterocycles. The van der Waals surface area contributed by atoms with E-state index < -0.39 is 0 Å². The first kappa shape index (κ1) is 32.2. The quantitative estimate of drug-likeness (QED) is 0.0592. The normalized spacial score (nSPS) is 13.4. The highest BCUT2D eigenvalue weighted by Gasteiger charge is 2.44. The molecular formula is C42H47NO2. The van der Waals surface area contributed by atoms with E-state index in [0.29, 0.717) is 0 Å². The van der Waals surface area contributed by atoms with Gasteiger partial charge < -0.3 is 0 Å². The first-order valence-electron chi connectivity index (χ1n) is 16.9. The summed E-state index contributed by atoms with van der Waals surface area (Å²) in [7, 11) is 0. The molecule has 0 saturated heterocycles. The van der Waals surface area contributed by atoms with Crippen molar-refractivity contribution in [2.45, 2.75) is 90.4 Å². The lowest BCUT2D eigenvalue weighted by atomic mass is 9.69. The molecule has 0 N–H and O–H groups in total. The van der Waals surface area contributed by atoms with Gasteiger partial charge in [-0.1, -0.05) is 156 Å². The van der Waals surface area contributed by atoms with Crippen molar-refractivity contribution in [3.63, 3.8) is 0 Å². The molecule has 4 aromatic rings. The van der Waals surface area contributed by atoms with Gasteiger partial charge >= 0.3 is 0 Å². The molecule has 4 aromatic carbocycles. The fourth-order valence-corrected chi connectivity index (χ4v) is 7.08. The number of unbranched alkanes of at least 4 members (excludes halogenated alkanes) is 6. The second kappa shape index (κ2) is 15.2. The van der Waals surface area contributed by atoms with Crippen LogP contribution in [-0.2, 0) is 5.41 Å². The van der Waals surface area contributed by atoms with E-state index in [1.165, 1.54) is 95.9 Å². The summed E-state index contributed by atoms with van der Waals surface area (Å²) in [5.74, 6) is 0. The van der Waals surface area contributed by atoms with Crippen LogP contribution in [0.3, 0.4) is 0 Å². The van der Waals surface area contributed by atoms with Gasteiger partial charge in [-0.25, -0.2) is 0 Å². The molecule has 0 saturated carbocycles. The van der Waals surface area contributed by atoms with Crippen LogP contribution >= 0.6 is 0 Å². The minimum absolute atomic E-state index is 0.0302. The third-order valence-corrected chi connectivity index (χ3v) is 9.47. The van der Waals surface area contributed by atoms with E-state index in [1.807, 2.05) is 12.1 Å². The van der Waals surface area contributed by atoms with Gasteiger partial charge in [0.15, 0.2) is 0 Å². The van der Waals surface area contributed by atoms with Gasteiger partial charge in [0.1, 0.15) is 0 Å². The predicted molar refractivity (Wildman–Crippen MR) is 192 cm³/mol. The largest absolute Gasteiger partial charge is 0.269 e. The van der Waals surface area contributed by atoms with Crippen LogP contribution in [0.4, 0.5) is 5.69 Å². The smallest absolute Gasteiger partial charge is 0.258 e. The fraction of sp³-hybridized carbons (Fsp3) is 0.333. The Balaban J connectivity index is 1.66. The van der Waals surface area contributed by atoms with Crippen molar-refractivity contribution in [1.29, 1.82) is 0 Å². The van der Waals surface area contributed by atoms with E-state index in [4.69, 9.17) is 0 Å². The molecule has 1 aliphatic rings. The molecule has 0 radical (unpaired) electrons. The maximum Gasteiger partial charge on any atom is 0.269 e. The lowest BCUT2D eigenvalue weighted by molar-refractivity contribution is -0.384. The number of hydrogen-bond donors (Lipinski definition) is 0. The number of non-ortho nitro benzene ring substituents is 1. The van der Waals surface area contributed by atoms with Crippen molar-refractivity contribution in [3.05, 3.63) is 134 Å². The monoisotopic (exact) mass is 597 g/mol. The van der Waals surface area contributed by atoms with E-state index in [0.717, 1.165) is 18.4 Å². The Morgan fingerprint density at radius 1 is 0.644 bits per heavy atom. The van der Waals surface area contributed by atoms with Crippen molar-refractivity contribution < 1.29 is 4.92 Å². The Morgan fingerprint density at radius 3 is 1.80 bits per heavy atom. The summed E-state index contributed by atoms with van der Waals surface area (Å²) in [4.78, 5) is 10.8. The average Bonchev–Trinajstić information content (AvgIpc) is 3.35. The van der Waals surface area contributed by atoms with E-state index >= 15 is 0 Å². The number of nitrogens with zero attached hydrogens (tertiary/aromatic N) is 1. The molecule has 0 unspecified atom stereocenters. The van der Waals surface area contributed by atoms with Gasteiger partial charge in [0.25, 0.3) is 5.69 Å². The molecule has 45 heavy (non-hydrogen) atoms. The zero-order chi connectivity index (χ0) is 31.6. The molecule has 0 bridgehead atoms. The molecule has 0 fully saturated rings. The number of hydrogen-bond acceptors (Lipinski definition) is 2. The van der Waals surface area contributed by atoms with Crippen LogP contribution in [0.15, 0.2) is 84.9 Å². The molecule has 0 aliphatic heterocycles. The second-order valence-electron chi connectivity index (χ2n) is 12.7. The highest BCUT2D eigenvalue weighted by molar-refractivity contribution is 5.93. The van der Waals surface area contributed by atoms with Gasteiger partial charge in [-0.2, -0.15) is 0 Å². The SMILES string of the molecule is CCCCCCC1(CCCCCC)c2ccccc2-c2c(/C=C/c3ccc([N+](=O)[O-])cc3)ccc(/C=C/c3ccc(C)cc3)c21. The Kier molecular flexibility index (Phi) is 10.8. The van der Waals surface area contributed by atoms with Crippen LogP contribution in [0.5, 0.6) is 0 Å². The predicted octanol–water partition coefficient (Wildman–Crippen LogP) is 12.5. The Labute approximate surface area is 269 Å². The Morgan fingerprint density at radius 2 is 1.20 bits per heavy atom. The molecule has 1 aliphatic carbocycles. The van der Waals surface area contributed by atoms with E-state index in [2.05, 4.69) is 106 Å². The molecule has 3 nitrogen and oxygen atoms in total. The maximum absolute atomic E-state index is 11.2. The highest BCUT2D eigenvalue weighted by Crippen LogP contribution is 2.57. The van der Waals surface area contributed by atoms with Crippen LogP contribution < -0.4 is 0 Å². The summed E-state index contributed by atoms with van der Waals surface area (Å²) in [6, 6.07) is 29.3. The molecule has 232 valence electrons. The number of nitro groups is 1. The van der Waals surface area contributed by atoms with Crippen molar-refractivity contribution in [2.24, 2.45) is 0 Å². The van der Waals surface area contributed by atoms with Crippen LogP contribution in [0.2, 0.25) is 0 Å². The lowest BCUT2D eigenvalue weighted by Crippen LogP contribution is -2.26. The van der Waals surface area contributed by atoms with Crippen molar-refractivity contribution >= 4 is 30.0 Å². The van der Waals surface area contributed by atoms with Crippen LogP contribution in [0.25, 0.3) is 35.4 Å². The highest BCUT2D eigenvalue weighted by atomic mass is 16.6. The first-order chi connectivity index (χ1) is 22.0. The molecule has 0 atom stereocenters. The lowest BCUT2D eigenvalue weighted by Gasteiger charge is -2.34. The van der Waals surface area contributed by atoms with Crippen LogP contribution in [0.1, 0.15) is 117 Å². The first-order valence-corrected chi connectivity index (χ1v) is 16.9. The number of nitro benzene ring substituents is 1. The van der Waals surface area contributed by atoms with Gasteiger partial charge in [-0.15, -0.1) is 0 Å². The third kappa shape index (κ3) is 7.36. The summed E-state index contributed by atoms with van der Waals surface area (Å²) in [5.41, 5.74) is 11.7. The number of aryl methyl sites for hydroxylation is 1. The van der Waals surface area contributed by atoms with Gasteiger partial charge in [-0.05, 0) is 76.4 Å². The van der Waals surface area contributed by atoms with Crippen molar-refractivity contribution in [2.75, 3.05) is 0 Å². The number of fused-ring (bicyclic) bond motifs is 3. The second-order valence-corrected chi connectivity index (χ2v) is 12.7. The van der Waals surface area contributed by atoms with Crippen molar-refractivity contribution in [3.8, 4) is 11.1 Å². The number of rotatable bonds is 15. The standard InChI is InChI=1S/C42H47NO2/c1-4-6-8-12-30-42(31-13-9-7-5-2)39-15-11-10-14-38(39)40-35(24-20-34-22-28-37(29-23-34)43(44)45)26-27-36(41(40)42)25-21-33-18-16-32(3)17-19-33/h10-11,14-29H,4-9,12-13,30-31H2,1-3H3/b24-20+,25-21+. The zero-order valence-electron chi connectivity index (χ0n) is 27.2. The third-order valence-electron chi connectivity index (χ3n) is 9.47. The molecule has 5 rings (SSSR count). The van der Waals surface area contributed by atoms with Gasteiger partial charge in [0.2, 0.25) is 0 Å². The van der Waals surface area contributed by atoms with Gasteiger partial charge in [-0.3, -0.25) is 10.1 Å². The average molecular weight is 598 g/mol. The van der Waals surface area contributed by atoms with E-state index in [9.17, 15) is 10.1 Å². The van der Waals surface area contributed by atoms with Gasteiger partial charge in [0, 0.05) is 17.5 Å². The number of benzene rings is 4. The summed E-state index contributed by atoms with van der Waals surface area (Å²) >= 11 is 0. The van der Waals surface area contributed by atoms with E-state index in [-0.39, 0.29) is 16.0 Å². The molecule has 0 aromatic heterocycles. The summed E-state index contributed by atoms with van der Waals surface area (Å²) in [6.45, 7) is 6.71. The van der Waals surface area contributed by atoms with E-state index in [1.54, 1.807) is 12.1 Å². The van der Waals surface area contributed by atoms with Crippen molar-refractivity contribution in [1.82, 2.24) is 0 Å².